The summed E-state index contributed by atoms with van der Waals surface area (Å²) in [5, 5.41) is 15.5. The minimum absolute atomic E-state index is 0.0149. The zero-order chi connectivity index (χ0) is 22.6. The predicted octanol–water partition coefficient (Wildman–Crippen LogP) is 4.00. The summed E-state index contributed by atoms with van der Waals surface area (Å²) in [6.45, 7) is 4.26. The molecule has 1 amide bonds. The van der Waals surface area contributed by atoms with Gasteiger partial charge in [-0.1, -0.05) is 13.8 Å². The Labute approximate surface area is 183 Å². The number of anilines is 1. The van der Waals surface area contributed by atoms with Crippen LogP contribution in [0.25, 0.3) is 11.3 Å². The molecule has 1 heterocycles. The molecular formula is C20H20N4O5S2. The molecule has 162 valence electrons. The van der Waals surface area contributed by atoms with Crippen molar-refractivity contribution in [2.45, 2.75) is 18.7 Å². The van der Waals surface area contributed by atoms with Crippen molar-refractivity contribution in [1.29, 1.82) is 0 Å². The van der Waals surface area contributed by atoms with Crippen molar-refractivity contribution in [2.24, 2.45) is 0 Å². The van der Waals surface area contributed by atoms with Gasteiger partial charge in [-0.15, -0.1) is 11.3 Å². The van der Waals surface area contributed by atoms with Crippen LogP contribution in [-0.4, -0.2) is 41.6 Å². The molecule has 31 heavy (non-hydrogen) atoms. The van der Waals surface area contributed by atoms with Gasteiger partial charge in [-0.05, 0) is 36.4 Å². The Bertz CT molecular complexity index is 1190. The van der Waals surface area contributed by atoms with Crippen molar-refractivity contribution in [1.82, 2.24) is 9.29 Å². The number of nitrogens with zero attached hydrogens (tertiary/aromatic N) is 3. The average Bonchev–Trinajstić information content (AvgIpc) is 3.23. The number of sulfonamides is 1. The van der Waals surface area contributed by atoms with Gasteiger partial charge in [0.1, 0.15) is 0 Å². The van der Waals surface area contributed by atoms with Crippen molar-refractivity contribution in [3.05, 3.63) is 69.6 Å². The third kappa shape index (κ3) is 4.95. The number of nitrogens with one attached hydrogen (secondary N) is 1. The Morgan fingerprint density at radius 1 is 1.10 bits per heavy atom. The van der Waals surface area contributed by atoms with Crippen LogP contribution in [0, 0.1) is 10.1 Å². The van der Waals surface area contributed by atoms with Crippen LogP contribution < -0.4 is 5.32 Å². The van der Waals surface area contributed by atoms with Gasteiger partial charge in [-0.2, -0.15) is 4.31 Å². The van der Waals surface area contributed by atoms with Crippen LogP contribution in [0.1, 0.15) is 24.2 Å². The fraction of sp³-hybridized carbons (Fsp3) is 0.200. The smallest absolute Gasteiger partial charge is 0.269 e. The zero-order valence-corrected chi connectivity index (χ0v) is 18.4. The number of carbonyl (C=O) groups excluding carboxylic acids is 1. The first kappa shape index (κ1) is 22.5. The van der Waals surface area contributed by atoms with E-state index in [0.29, 0.717) is 35.0 Å². The van der Waals surface area contributed by atoms with Gasteiger partial charge in [-0.3, -0.25) is 20.2 Å². The van der Waals surface area contributed by atoms with Crippen LogP contribution in [0.4, 0.5) is 10.8 Å². The average molecular weight is 461 g/mol. The summed E-state index contributed by atoms with van der Waals surface area (Å²) in [5.74, 6) is -0.420. The molecule has 0 radical (unpaired) electrons. The minimum Gasteiger partial charge on any atom is -0.298 e. The zero-order valence-electron chi connectivity index (χ0n) is 16.8. The molecule has 0 atom stereocenters. The van der Waals surface area contributed by atoms with Crippen molar-refractivity contribution >= 4 is 38.1 Å². The third-order valence-electron chi connectivity index (χ3n) is 4.56. The summed E-state index contributed by atoms with van der Waals surface area (Å²) in [6, 6.07) is 11.7. The summed E-state index contributed by atoms with van der Waals surface area (Å²) in [7, 11) is -3.59. The molecule has 0 spiro atoms. The van der Waals surface area contributed by atoms with E-state index in [1.165, 1.54) is 52.0 Å². The molecule has 2 aromatic carbocycles. The van der Waals surface area contributed by atoms with E-state index in [2.05, 4.69) is 10.3 Å². The summed E-state index contributed by atoms with van der Waals surface area (Å²) in [6.07, 6.45) is 0. The molecule has 3 rings (SSSR count). The van der Waals surface area contributed by atoms with E-state index in [-0.39, 0.29) is 10.6 Å². The number of nitro groups is 1. The molecule has 0 aliphatic rings. The quantitative estimate of drug-likeness (QED) is 0.400. The lowest BCUT2D eigenvalue weighted by Gasteiger charge is -2.18. The maximum Gasteiger partial charge on any atom is 0.269 e. The highest BCUT2D eigenvalue weighted by molar-refractivity contribution is 7.89. The summed E-state index contributed by atoms with van der Waals surface area (Å²) < 4.78 is 26.4. The maximum absolute atomic E-state index is 12.5. The van der Waals surface area contributed by atoms with Crippen LogP contribution in [0.5, 0.6) is 0 Å². The van der Waals surface area contributed by atoms with Gasteiger partial charge in [0.05, 0.1) is 15.5 Å². The highest BCUT2D eigenvalue weighted by atomic mass is 32.2. The first-order valence-electron chi connectivity index (χ1n) is 9.38. The fourth-order valence-electron chi connectivity index (χ4n) is 2.88. The number of benzene rings is 2. The third-order valence-corrected chi connectivity index (χ3v) is 7.38. The van der Waals surface area contributed by atoms with Gasteiger partial charge >= 0.3 is 0 Å². The number of rotatable bonds is 8. The summed E-state index contributed by atoms with van der Waals surface area (Å²) in [4.78, 5) is 27.3. The predicted molar refractivity (Wildman–Crippen MR) is 119 cm³/mol. The molecule has 0 fully saturated rings. The summed E-state index contributed by atoms with van der Waals surface area (Å²) >= 11 is 1.22. The molecule has 0 saturated heterocycles. The Kier molecular flexibility index (Phi) is 6.78. The Morgan fingerprint density at radius 3 is 2.26 bits per heavy atom. The highest BCUT2D eigenvalue weighted by Gasteiger charge is 2.21. The molecular weight excluding hydrogens is 440 g/mol. The SMILES string of the molecule is CCN(CC)S(=O)(=O)c1ccc(C(=O)Nc2nc(-c3ccc([N+](=O)[O-])cc3)cs2)cc1. The lowest BCUT2D eigenvalue weighted by Crippen LogP contribution is -2.30. The number of carbonyl (C=O) groups is 1. The first-order valence-corrected chi connectivity index (χ1v) is 11.7. The van der Waals surface area contributed by atoms with E-state index in [4.69, 9.17) is 0 Å². The van der Waals surface area contributed by atoms with E-state index in [9.17, 15) is 23.3 Å². The molecule has 3 aromatic rings. The van der Waals surface area contributed by atoms with Gasteiger partial charge in [0.25, 0.3) is 11.6 Å². The molecule has 11 heteroatoms. The van der Waals surface area contributed by atoms with E-state index >= 15 is 0 Å². The van der Waals surface area contributed by atoms with Crippen molar-refractivity contribution < 1.29 is 18.1 Å². The van der Waals surface area contributed by atoms with Gasteiger partial charge in [0.15, 0.2) is 5.13 Å². The Hall–Kier alpha value is -3.15. The highest BCUT2D eigenvalue weighted by Crippen LogP contribution is 2.27. The van der Waals surface area contributed by atoms with Gasteiger partial charge < -0.3 is 0 Å². The number of aromatic nitrogens is 1. The van der Waals surface area contributed by atoms with Crippen molar-refractivity contribution in [3.63, 3.8) is 0 Å². The monoisotopic (exact) mass is 460 g/mol. The number of hydrogen-bond acceptors (Lipinski definition) is 7. The summed E-state index contributed by atoms with van der Waals surface area (Å²) in [5.41, 5.74) is 1.55. The second-order valence-electron chi connectivity index (χ2n) is 6.41. The normalized spacial score (nSPS) is 11.5. The molecule has 0 saturated carbocycles. The van der Waals surface area contributed by atoms with E-state index in [0.717, 1.165) is 0 Å². The van der Waals surface area contributed by atoms with Gasteiger partial charge in [-0.25, -0.2) is 13.4 Å². The number of thiazole rings is 1. The number of non-ortho nitro benzene ring substituents is 1. The van der Waals surface area contributed by atoms with E-state index in [1.807, 2.05) is 0 Å². The second-order valence-corrected chi connectivity index (χ2v) is 9.21. The standard InChI is InChI=1S/C20H20N4O5S2/c1-3-23(4-2)31(28,29)17-11-7-15(8-12-17)19(25)22-20-21-18(13-30-20)14-5-9-16(10-6-14)24(26)27/h5-13H,3-4H2,1-2H3,(H,21,22,25). The maximum atomic E-state index is 12.5. The number of hydrogen-bond donors (Lipinski definition) is 1. The van der Waals surface area contributed by atoms with Crippen LogP contribution >= 0.6 is 11.3 Å². The molecule has 0 bridgehead atoms. The van der Waals surface area contributed by atoms with Crippen LogP contribution in [0.15, 0.2) is 58.8 Å². The van der Waals surface area contributed by atoms with E-state index < -0.39 is 20.9 Å². The topological polar surface area (TPSA) is 123 Å². The molecule has 1 aromatic heterocycles. The minimum atomic E-state index is -3.59. The molecule has 0 aliphatic carbocycles. The largest absolute Gasteiger partial charge is 0.298 e. The van der Waals surface area contributed by atoms with Crippen molar-refractivity contribution in [3.8, 4) is 11.3 Å². The Balaban J connectivity index is 1.72. The van der Waals surface area contributed by atoms with Crippen molar-refractivity contribution in [2.75, 3.05) is 18.4 Å². The lowest BCUT2D eigenvalue weighted by atomic mass is 10.1. The number of nitro benzene ring substituents is 1. The van der Waals surface area contributed by atoms with E-state index in [1.54, 1.807) is 31.4 Å². The molecule has 0 aliphatic heterocycles. The molecule has 9 nitrogen and oxygen atoms in total. The fourth-order valence-corrected chi connectivity index (χ4v) is 5.05. The second kappa shape index (κ2) is 9.33. The molecule has 0 unspecified atom stereocenters. The molecule has 1 N–H and O–H groups in total. The van der Waals surface area contributed by atoms with Crippen LogP contribution in [0.3, 0.4) is 0 Å². The van der Waals surface area contributed by atoms with Crippen LogP contribution in [-0.2, 0) is 10.0 Å². The van der Waals surface area contributed by atoms with Gasteiger partial charge in [0, 0.05) is 41.7 Å². The van der Waals surface area contributed by atoms with Crippen LogP contribution in [0.2, 0.25) is 0 Å². The number of amides is 1. The van der Waals surface area contributed by atoms with Gasteiger partial charge in [0.2, 0.25) is 10.0 Å². The Morgan fingerprint density at radius 2 is 1.71 bits per heavy atom. The lowest BCUT2D eigenvalue weighted by molar-refractivity contribution is -0.384. The first-order chi connectivity index (χ1) is 14.8.